The van der Waals surface area contributed by atoms with Crippen molar-refractivity contribution in [2.45, 2.75) is 70.2 Å². The van der Waals surface area contributed by atoms with E-state index in [1.165, 1.54) is 0 Å². The molecule has 0 saturated carbocycles. The van der Waals surface area contributed by atoms with E-state index in [1.807, 2.05) is 26.8 Å². The standard InChI is InChI=1S/C17H28O4/c1-6-7-8-9-13(18)15-16-14(20-17(4,5)21-16)12(10-19-15)11(2)3/h6,12-16,18H,1-2,7-10H2,3-5H3/t12-,13+,14-,15-,16-/m0/s1. The Balaban J connectivity index is 2.07. The van der Waals surface area contributed by atoms with E-state index in [9.17, 15) is 5.11 Å². The highest BCUT2D eigenvalue weighted by Crippen LogP contribution is 2.41. The van der Waals surface area contributed by atoms with Crippen LogP contribution in [-0.2, 0) is 14.2 Å². The second kappa shape index (κ2) is 6.61. The molecule has 21 heavy (non-hydrogen) atoms. The van der Waals surface area contributed by atoms with Crippen molar-refractivity contribution in [3.05, 3.63) is 24.8 Å². The van der Waals surface area contributed by atoms with Crippen LogP contribution in [0.5, 0.6) is 0 Å². The highest BCUT2D eigenvalue weighted by atomic mass is 16.8. The molecular formula is C17H28O4. The quantitative estimate of drug-likeness (QED) is 0.605. The van der Waals surface area contributed by atoms with Gasteiger partial charge in [0.25, 0.3) is 0 Å². The van der Waals surface area contributed by atoms with Gasteiger partial charge in [-0.3, -0.25) is 0 Å². The molecule has 0 unspecified atom stereocenters. The molecule has 2 aliphatic rings. The van der Waals surface area contributed by atoms with Gasteiger partial charge in [0, 0.05) is 5.92 Å². The normalized spacial score (nSPS) is 36.0. The molecule has 2 aliphatic heterocycles. The third kappa shape index (κ3) is 3.75. The second-order valence-electron chi connectivity index (χ2n) is 6.60. The zero-order chi connectivity index (χ0) is 15.6. The van der Waals surface area contributed by atoms with Crippen molar-refractivity contribution in [2.75, 3.05) is 6.61 Å². The fraction of sp³-hybridized carbons (Fsp3) is 0.765. The van der Waals surface area contributed by atoms with Crippen molar-refractivity contribution >= 4 is 0 Å². The smallest absolute Gasteiger partial charge is 0.163 e. The average Bonchev–Trinajstić information content (AvgIpc) is 2.71. The highest BCUT2D eigenvalue weighted by Gasteiger charge is 2.53. The first-order chi connectivity index (χ1) is 9.85. The Kier molecular flexibility index (Phi) is 5.25. The maximum atomic E-state index is 10.4. The van der Waals surface area contributed by atoms with Gasteiger partial charge in [-0.1, -0.05) is 18.2 Å². The van der Waals surface area contributed by atoms with Crippen molar-refractivity contribution in [2.24, 2.45) is 5.92 Å². The van der Waals surface area contributed by atoms with Crippen LogP contribution >= 0.6 is 0 Å². The lowest BCUT2D eigenvalue weighted by atomic mass is 9.85. The summed E-state index contributed by atoms with van der Waals surface area (Å²) < 4.78 is 18.0. The number of hydrogen-bond acceptors (Lipinski definition) is 4. The molecule has 4 heteroatoms. The molecule has 0 amide bonds. The van der Waals surface area contributed by atoms with Crippen LogP contribution in [0.2, 0.25) is 0 Å². The van der Waals surface area contributed by atoms with E-state index in [1.54, 1.807) is 0 Å². The van der Waals surface area contributed by atoms with E-state index in [4.69, 9.17) is 14.2 Å². The molecule has 120 valence electrons. The van der Waals surface area contributed by atoms with Crippen LogP contribution in [-0.4, -0.2) is 41.9 Å². The number of unbranched alkanes of at least 4 members (excludes halogenated alkanes) is 1. The second-order valence-corrected chi connectivity index (χ2v) is 6.60. The molecule has 5 atom stereocenters. The van der Waals surface area contributed by atoms with Crippen LogP contribution in [0, 0.1) is 5.92 Å². The van der Waals surface area contributed by atoms with Crippen molar-refractivity contribution in [3.8, 4) is 0 Å². The summed E-state index contributed by atoms with van der Waals surface area (Å²) in [6.45, 7) is 14.1. The van der Waals surface area contributed by atoms with Gasteiger partial charge >= 0.3 is 0 Å². The zero-order valence-corrected chi connectivity index (χ0v) is 13.4. The van der Waals surface area contributed by atoms with Gasteiger partial charge in [0.2, 0.25) is 0 Å². The first-order valence-electron chi connectivity index (χ1n) is 7.77. The summed E-state index contributed by atoms with van der Waals surface area (Å²) in [4.78, 5) is 0. The number of hydrogen-bond donors (Lipinski definition) is 1. The predicted octanol–water partition coefficient (Wildman–Crippen LogP) is 2.81. The van der Waals surface area contributed by atoms with Crippen LogP contribution in [0.4, 0.5) is 0 Å². The van der Waals surface area contributed by atoms with Crippen molar-refractivity contribution in [3.63, 3.8) is 0 Å². The Morgan fingerprint density at radius 1 is 1.38 bits per heavy atom. The van der Waals surface area contributed by atoms with Gasteiger partial charge in [-0.15, -0.1) is 6.58 Å². The molecule has 0 spiro atoms. The van der Waals surface area contributed by atoms with E-state index in [0.717, 1.165) is 18.4 Å². The monoisotopic (exact) mass is 296 g/mol. The van der Waals surface area contributed by atoms with Crippen LogP contribution in [0.15, 0.2) is 24.8 Å². The Morgan fingerprint density at radius 3 is 2.67 bits per heavy atom. The molecule has 2 saturated heterocycles. The van der Waals surface area contributed by atoms with E-state index < -0.39 is 11.9 Å². The molecule has 0 aromatic rings. The minimum Gasteiger partial charge on any atom is -0.390 e. The minimum atomic E-state index is -0.643. The molecule has 0 aliphatic carbocycles. The van der Waals surface area contributed by atoms with E-state index in [-0.39, 0.29) is 24.2 Å². The Bertz CT molecular complexity index is 390. The van der Waals surface area contributed by atoms with Gasteiger partial charge in [-0.2, -0.15) is 0 Å². The molecule has 4 nitrogen and oxygen atoms in total. The number of aliphatic hydroxyl groups is 1. The van der Waals surface area contributed by atoms with Crippen LogP contribution < -0.4 is 0 Å². The molecule has 1 N–H and O–H groups in total. The zero-order valence-electron chi connectivity index (χ0n) is 13.4. The molecule has 2 fully saturated rings. The first kappa shape index (κ1) is 16.7. The molecule has 2 rings (SSSR count). The molecule has 0 aromatic carbocycles. The van der Waals surface area contributed by atoms with Crippen LogP contribution in [0.1, 0.15) is 40.0 Å². The fourth-order valence-corrected chi connectivity index (χ4v) is 3.18. The van der Waals surface area contributed by atoms with Gasteiger partial charge in [0.05, 0.1) is 18.8 Å². The maximum absolute atomic E-state index is 10.4. The van der Waals surface area contributed by atoms with Crippen molar-refractivity contribution < 1.29 is 19.3 Å². The first-order valence-corrected chi connectivity index (χ1v) is 7.77. The summed E-state index contributed by atoms with van der Waals surface area (Å²) in [6.07, 6.45) is 3.14. The summed E-state index contributed by atoms with van der Waals surface area (Å²) in [7, 11) is 0. The number of allylic oxidation sites excluding steroid dienone is 1. The highest BCUT2D eigenvalue weighted by molar-refractivity contribution is 5.08. The number of fused-ring (bicyclic) bond motifs is 1. The molecule has 0 bridgehead atoms. The number of rotatable bonds is 6. The Morgan fingerprint density at radius 2 is 2.05 bits per heavy atom. The summed E-state index contributed by atoms with van der Waals surface area (Å²) >= 11 is 0. The van der Waals surface area contributed by atoms with Gasteiger partial charge in [0.1, 0.15) is 12.2 Å². The van der Waals surface area contributed by atoms with E-state index in [0.29, 0.717) is 13.0 Å². The summed E-state index contributed by atoms with van der Waals surface area (Å²) in [5.74, 6) is -0.524. The SMILES string of the molecule is C=CCCC[C@@H](O)[C@@H]1OC[C@@H](C(=C)C)[C@@H]2OC(C)(C)O[C@H]12. The predicted molar refractivity (Wildman–Crippen MR) is 81.9 cm³/mol. The third-order valence-corrected chi connectivity index (χ3v) is 4.27. The van der Waals surface area contributed by atoms with Gasteiger partial charge in [-0.05, 0) is 40.0 Å². The molecule has 0 radical (unpaired) electrons. The van der Waals surface area contributed by atoms with Gasteiger partial charge < -0.3 is 19.3 Å². The van der Waals surface area contributed by atoms with Crippen LogP contribution in [0.25, 0.3) is 0 Å². The lowest BCUT2D eigenvalue weighted by Gasteiger charge is -2.39. The van der Waals surface area contributed by atoms with Gasteiger partial charge in [-0.25, -0.2) is 0 Å². The molecular weight excluding hydrogens is 268 g/mol. The maximum Gasteiger partial charge on any atom is 0.163 e. The summed E-state index contributed by atoms with van der Waals surface area (Å²) in [5, 5.41) is 10.4. The van der Waals surface area contributed by atoms with Gasteiger partial charge in [0.15, 0.2) is 5.79 Å². The lowest BCUT2D eigenvalue weighted by molar-refractivity contribution is -0.169. The molecule has 0 aromatic heterocycles. The Hall–Kier alpha value is -0.680. The van der Waals surface area contributed by atoms with Crippen LogP contribution in [0.3, 0.4) is 0 Å². The number of aliphatic hydroxyl groups excluding tert-OH is 1. The minimum absolute atomic E-state index is 0.0923. The molecule has 2 heterocycles. The average molecular weight is 296 g/mol. The summed E-state index contributed by atoms with van der Waals surface area (Å²) in [6, 6.07) is 0. The largest absolute Gasteiger partial charge is 0.390 e. The topological polar surface area (TPSA) is 47.9 Å². The lowest BCUT2D eigenvalue weighted by Crippen LogP contribution is -2.53. The van der Waals surface area contributed by atoms with Crippen molar-refractivity contribution in [1.29, 1.82) is 0 Å². The number of ether oxygens (including phenoxy) is 3. The Labute approximate surface area is 127 Å². The van der Waals surface area contributed by atoms with Crippen molar-refractivity contribution in [1.82, 2.24) is 0 Å². The fourth-order valence-electron chi connectivity index (χ4n) is 3.18. The van der Waals surface area contributed by atoms with E-state index in [2.05, 4.69) is 13.2 Å². The summed E-state index contributed by atoms with van der Waals surface area (Å²) in [5.41, 5.74) is 1.03. The van der Waals surface area contributed by atoms with E-state index >= 15 is 0 Å². The third-order valence-electron chi connectivity index (χ3n) is 4.27.